The Balaban J connectivity index is 0.000000926. The van der Waals surface area contributed by atoms with E-state index in [0.717, 1.165) is 49.1 Å². The molecule has 1 N–H and O–H groups in total. The predicted octanol–water partition coefficient (Wildman–Crippen LogP) is 8.45. The third kappa shape index (κ3) is 12.5. The van der Waals surface area contributed by atoms with Crippen LogP contribution in [0.25, 0.3) is 0 Å². The van der Waals surface area contributed by atoms with Gasteiger partial charge in [-0.1, -0.05) is 43.7 Å². The van der Waals surface area contributed by atoms with E-state index in [1.165, 1.54) is 63.4 Å². The lowest BCUT2D eigenvalue weighted by Gasteiger charge is -2.38. The zero-order valence-electron chi connectivity index (χ0n) is 23.5. The van der Waals surface area contributed by atoms with E-state index in [-0.39, 0.29) is 13.0 Å². The van der Waals surface area contributed by atoms with Crippen molar-refractivity contribution in [2.75, 3.05) is 20.3 Å². The minimum atomic E-state index is -4.08. The highest BCUT2D eigenvalue weighted by Gasteiger charge is 2.32. The Bertz CT molecular complexity index is 789. The zero-order valence-corrected chi connectivity index (χ0v) is 23.5. The van der Waals surface area contributed by atoms with E-state index in [1.807, 2.05) is 12.1 Å². The molecule has 1 atom stereocenters. The van der Waals surface area contributed by atoms with Gasteiger partial charge in [-0.05, 0) is 117 Å². The van der Waals surface area contributed by atoms with E-state index < -0.39 is 12.6 Å². The number of hydrogen-bond acceptors (Lipinski definition) is 3. The summed E-state index contributed by atoms with van der Waals surface area (Å²) in [4.78, 5) is 9.41. The second-order valence-electron chi connectivity index (χ2n) is 11.6. The molecule has 1 unspecified atom stereocenters. The fourth-order valence-corrected chi connectivity index (χ4v) is 6.38. The number of aldehydes is 1. The molecule has 2 saturated carbocycles. The van der Waals surface area contributed by atoms with Crippen molar-refractivity contribution in [3.8, 4) is 0 Å². The Morgan fingerprint density at radius 2 is 1.58 bits per heavy atom. The maximum absolute atomic E-state index is 12.4. The van der Waals surface area contributed by atoms with Crippen molar-refractivity contribution in [2.24, 2.45) is 23.7 Å². The van der Waals surface area contributed by atoms with E-state index in [1.54, 1.807) is 14.0 Å². The normalized spacial score (nSPS) is 24.7. The van der Waals surface area contributed by atoms with Crippen LogP contribution in [0, 0.1) is 23.7 Å². The van der Waals surface area contributed by atoms with E-state index in [9.17, 15) is 23.1 Å². The molecule has 1 aromatic carbocycles. The Hall–Kier alpha value is -1.66. The predicted molar refractivity (Wildman–Crippen MR) is 148 cm³/mol. The van der Waals surface area contributed by atoms with E-state index >= 15 is 0 Å². The average Bonchev–Trinajstić information content (AvgIpc) is 2.91. The lowest BCUT2D eigenvalue weighted by molar-refractivity contribution is -0.134. The Morgan fingerprint density at radius 3 is 2.05 bits per heavy atom. The molecule has 2 aliphatic rings. The van der Waals surface area contributed by atoms with Crippen LogP contribution in [0.2, 0.25) is 0 Å². The SMILES string of the molecule is C=C(C)C=O.COCCC(CCO)CC1CCC(C2CCC(c3ccc(CCC(F)(F)F)cc3)CC2)CC1. The summed E-state index contributed by atoms with van der Waals surface area (Å²) in [5.41, 5.74) is 2.66. The van der Waals surface area contributed by atoms with Gasteiger partial charge in [-0.25, -0.2) is 0 Å². The number of aliphatic hydroxyl groups is 1. The number of rotatable bonds is 12. The molecule has 1 aromatic rings. The molecule has 0 saturated heterocycles. The number of aliphatic hydroxyl groups excluding tert-OH is 1. The number of benzene rings is 1. The number of halogens is 3. The standard InChI is InChI=1S/C28H43F3O2.C4H6O/c1-33-19-16-23(15-18-32)20-22-4-8-25(9-5-22)27-12-10-26(11-13-27)24-6-2-21(3-7-24)14-17-28(29,30)31;1-4(2)3-5/h2-3,6-7,22-23,25-27,32H,4-5,8-20H2,1H3;3H,1H2,2H3. The van der Waals surface area contributed by atoms with Crippen LogP contribution in [0.5, 0.6) is 0 Å². The van der Waals surface area contributed by atoms with Gasteiger partial charge >= 0.3 is 6.18 Å². The summed E-state index contributed by atoms with van der Waals surface area (Å²) in [5, 5.41) is 9.37. The molecule has 3 nitrogen and oxygen atoms in total. The summed E-state index contributed by atoms with van der Waals surface area (Å²) in [6, 6.07) is 7.92. The molecular weight excluding hydrogens is 489 g/mol. The van der Waals surface area contributed by atoms with Gasteiger partial charge in [0.2, 0.25) is 0 Å². The number of aryl methyl sites for hydroxylation is 1. The van der Waals surface area contributed by atoms with Crippen molar-refractivity contribution in [2.45, 2.75) is 102 Å². The quantitative estimate of drug-likeness (QED) is 0.215. The number of ether oxygens (including phenoxy) is 1. The van der Waals surface area contributed by atoms with Gasteiger partial charge in [0.1, 0.15) is 6.29 Å². The number of alkyl halides is 3. The molecule has 0 bridgehead atoms. The van der Waals surface area contributed by atoms with Crippen LogP contribution in [0.3, 0.4) is 0 Å². The highest BCUT2D eigenvalue weighted by atomic mass is 19.4. The molecule has 0 heterocycles. The van der Waals surface area contributed by atoms with Crippen molar-refractivity contribution >= 4 is 6.29 Å². The molecule has 0 amide bonds. The fraction of sp³-hybridized carbons (Fsp3) is 0.719. The average molecular weight is 539 g/mol. The third-order valence-electron chi connectivity index (χ3n) is 8.61. The highest BCUT2D eigenvalue weighted by Crippen LogP contribution is 2.45. The molecule has 3 rings (SSSR count). The number of carbonyl (C=O) groups is 1. The summed E-state index contributed by atoms with van der Waals surface area (Å²) in [5.74, 6) is 3.67. The van der Waals surface area contributed by atoms with Gasteiger partial charge in [0, 0.05) is 26.7 Å². The van der Waals surface area contributed by atoms with Crippen molar-refractivity contribution in [1.29, 1.82) is 0 Å². The summed E-state index contributed by atoms with van der Waals surface area (Å²) < 4.78 is 42.6. The van der Waals surface area contributed by atoms with Gasteiger partial charge in [-0.3, -0.25) is 4.79 Å². The number of hydrogen-bond donors (Lipinski definition) is 1. The van der Waals surface area contributed by atoms with Crippen LogP contribution < -0.4 is 0 Å². The maximum Gasteiger partial charge on any atom is 0.389 e. The van der Waals surface area contributed by atoms with Crippen molar-refractivity contribution in [3.05, 3.63) is 47.5 Å². The Kier molecular flexibility index (Phi) is 14.7. The first-order chi connectivity index (χ1) is 18.1. The first kappa shape index (κ1) is 32.6. The fourth-order valence-electron chi connectivity index (χ4n) is 6.38. The Labute approximate surface area is 228 Å². The monoisotopic (exact) mass is 538 g/mol. The van der Waals surface area contributed by atoms with Crippen LogP contribution in [0.4, 0.5) is 13.2 Å². The van der Waals surface area contributed by atoms with Gasteiger partial charge in [0.25, 0.3) is 0 Å². The summed E-state index contributed by atoms with van der Waals surface area (Å²) in [6.07, 6.45) is 9.54. The third-order valence-corrected chi connectivity index (χ3v) is 8.61. The summed E-state index contributed by atoms with van der Waals surface area (Å²) in [6.45, 7) is 6.04. The lowest BCUT2D eigenvalue weighted by Crippen LogP contribution is -2.26. The molecule has 0 aromatic heterocycles. The van der Waals surface area contributed by atoms with Gasteiger partial charge in [0.05, 0.1) is 0 Å². The Morgan fingerprint density at radius 1 is 1.03 bits per heavy atom. The van der Waals surface area contributed by atoms with Gasteiger partial charge in [-0.15, -0.1) is 0 Å². The molecule has 0 aliphatic heterocycles. The molecule has 0 radical (unpaired) electrons. The van der Waals surface area contributed by atoms with Gasteiger partial charge < -0.3 is 9.84 Å². The van der Waals surface area contributed by atoms with E-state index in [4.69, 9.17) is 4.74 Å². The second-order valence-corrected chi connectivity index (χ2v) is 11.6. The first-order valence-electron chi connectivity index (χ1n) is 14.5. The van der Waals surface area contributed by atoms with Crippen LogP contribution in [0.1, 0.15) is 101 Å². The van der Waals surface area contributed by atoms with E-state index in [2.05, 4.69) is 18.7 Å². The lowest BCUT2D eigenvalue weighted by atomic mass is 9.67. The van der Waals surface area contributed by atoms with Gasteiger partial charge in [-0.2, -0.15) is 13.2 Å². The van der Waals surface area contributed by atoms with Crippen molar-refractivity contribution < 1.29 is 27.8 Å². The zero-order chi connectivity index (χ0) is 28.0. The summed E-state index contributed by atoms with van der Waals surface area (Å²) in [7, 11) is 1.75. The minimum Gasteiger partial charge on any atom is -0.396 e. The van der Waals surface area contributed by atoms with E-state index in [0.29, 0.717) is 17.4 Å². The molecule has 2 aliphatic carbocycles. The number of carbonyl (C=O) groups excluding carboxylic acids is 1. The number of methoxy groups -OCH3 is 1. The summed E-state index contributed by atoms with van der Waals surface area (Å²) >= 11 is 0. The second kappa shape index (κ2) is 17.1. The molecule has 0 spiro atoms. The molecule has 2 fully saturated rings. The van der Waals surface area contributed by atoms with Crippen molar-refractivity contribution in [1.82, 2.24) is 0 Å². The molecule has 38 heavy (non-hydrogen) atoms. The van der Waals surface area contributed by atoms with Gasteiger partial charge in [0.15, 0.2) is 0 Å². The smallest absolute Gasteiger partial charge is 0.389 e. The molecule has 216 valence electrons. The minimum absolute atomic E-state index is 0.0757. The van der Waals surface area contributed by atoms with Crippen molar-refractivity contribution in [3.63, 3.8) is 0 Å². The maximum atomic E-state index is 12.4. The largest absolute Gasteiger partial charge is 0.396 e. The van der Waals surface area contributed by atoms with Crippen LogP contribution in [-0.2, 0) is 16.0 Å². The van der Waals surface area contributed by atoms with Crippen LogP contribution >= 0.6 is 0 Å². The topological polar surface area (TPSA) is 46.5 Å². The number of allylic oxidation sites excluding steroid dienone is 1. The highest BCUT2D eigenvalue weighted by molar-refractivity contribution is 5.70. The first-order valence-corrected chi connectivity index (χ1v) is 14.5. The molecule has 6 heteroatoms. The molecular formula is C32H49F3O3. The van der Waals surface area contributed by atoms with Crippen LogP contribution in [0.15, 0.2) is 36.4 Å². The van der Waals surface area contributed by atoms with Crippen LogP contribution in [-0.4, -0.2) is 37.9 Å².